The zero-order chi connectivity index (χ0) is 21.1. The number of nitrogens with one attached hydrogen (secondary N) is 1. The van der Waals surface area contributed by atoms with Gasteiger partial charge in [-0.25, -0.2) is 4.68 Å². The summed E-state index contributed by atoms with van der Waals surface area (Å²) < 4.78 is 6.81. The number of ether oxygens (including phenoxy) is 1. The van der Waals surface area contributed by atoms with Crippen LogP contribution in [0.4, 0.5) is 5.69 Å². The molecule has 5 heteroatoms. The summed E-state index contributed by atoms with van der Waals surface area (Å²) in [5.74, 6) is 0.751. The first kappa shape index (κ1) is 19.7. The third kappa shape index (κ3) is 3.66. The summed E-state index contributed by atoms with van der Waals surface area (Å²) in [6.07, 6.45) is 1.70. The molecule has 3 aromatic carbocycles. The van der Waals surface area contributed by atoms with E-state index in [1.165, 1.54) is 0 Å². The Morgan fingerprint density at radius 2 is 1.77 bits per heavy atom. The minimum atomic E-state index is -0.0925. The van der Waals surface area contributed by atoms with Gasteiger partial charge in [0.15, 0.2) is 0 Å². The Kier molecular flexibility index (Phi) is 5.53. The first-order chi connectivity index (χ1) is 14.6. The lowest BCUT2D eigenvalue weighted by Gasteiger charge is -2.04. The highest BCUT2D eigenvalue weighted by Crippen LogP contribution is 2.26. The monoisotopic (exact) mass is 399 g/mol. The van der Waals surface area contributed by atoms with Crippen molar-refractivity contribution in [2.45, 2.75) is 26.7 Å². The number of aliphatic imine (C=N–C) groups is 1. The molecular formula is C25H25N3O2. The highest BCUT2D eigenvalue weighted by molar-refractivity contribution is 6.03. The van der Waals surface area contributed by atoms with Crippen LogP contribution < -0.4 is 10.3 Å². The van der Waals surface area contributed by atoms with Gasteiger partial charge in [-0.1, -0.05) is 49.7 Å². The number of hydrogen-bond donors (Lipinski definition) is 1. The molecular weight excluding hydrogens is 374 g/mol. The molecule has 0 atom stereocenters. The Morgan fingerprint density at radius 3 is 2.50 bits per heavy atom. The van der Waals surface area contributed by atoms with Crippen LogP contribution in [0.3, 0.4) is 0 Å². The molecule has 0 saturated heterocycles. The lowest BCUT2D eigenvalue weighted by molar-refractivity contribution is 0.414. The molecule has 0 spiro atoms. The molecule has 152 valence electrons. The van der Waals surface area contributed by atoms with Crippen LogP contribution in [0.2, 0.25) is 0 Å². The summed E-state index contributed by atoms with van der Waals surface area (Å²) >= 11 is 0. The number of aryl methyl sites for hydroxylation is 1. The zero-order valence-electron chi connectivity index (χ0n) is 17.5. The van der Waals surface area contributed by atoms with E-state index < -0.39 is 0 Å². The van der Waals surface area contributed by atoms with Crippen molar-refractivity contribution in [3.05, 3.63) is 88.3 Å². The quantitative estimate of drug-likeness (QED) is 0.440. The summed E-state index contributed by atoms with van der Waals surface area (Å²) in [6.45, 7) is 4.01. The molecule has 1 aromatic heterocycles. The van der Waals surface area contributed by atoms with E-state index in [0.717, 1.165) is 46.4 Å². The number of aromatic nitrogens is 2. The predicted octanol–water partition coefficient (Wildman–Crippen LogP) is 5.42. The molecule has 5 nitrogen and oxygen atoms in total. The molecule has 4 rings (SSSR count). The molecule has 4 aromatic rings. The van der Waals surface area contributed by atoms with Gasteiger partial charge in [0.25, 0.3) is 5.56 Å². The number of methoxy groups -OCH3 is 1. The van der Waals surface area contributed by atoms with Gasteiger partial charge in [0.1, 0.15) is 5.75 Å². The Morgan fingerprint density at radius 1 is 1.03 bits per heavy atom. The van der Waals surface area contributed by atoms with Crippen molar-refractivity contribution >= 4 is 22.2 Å². The van der Waals surface area contributed by atoms with E-state index in [1.807, 2.05) is 55.5 Å². The SMILES string of the molecule is CCCc1[nH]n(-c2ccc(OC)cc2)c(=O)c1C(C)=Nc1cccc2ccccc12. The van der Waals surface area contributed by atoms with E-state index in [-0.39, 0.29) is 5.56 Å². The predicted molar refractivity (Wildman–Crippen MR) is 123 cm³/mol. The van der Waals surface area contributed by atoms with Crippen molar-refractivity contribution in [2.24, 2.45) is 4.99 Å². The molecule has 0 fully saturated rings. The number of fused-ring (bicyclic) bond motifs is 1. The highest BCUT2D eigenvalue weighted by Gasteiger charge is 2.17. The zero-order valence-corrected chi connectivity index (χ0v) is 17.5. The third-order valence-corrected chi connectivity index (χ3v) is 5.21. The van der Waals surface area contributed by atoms with Crippen LogP contribution in [0.1, 0.15) is 31.5 Å². The number of benzene rings is 3. The first-order valence-electron chi connectivity index (χ1n) is 10.1. The van der Waals surface area contributed by atoms with Crippen molar-refractivity contribution in [2.75, 3.05) is 7.11 Å². The van der Waals surface area contributed by atoms with E-state index in [9.17, 15) is 4.79 Å². The molecule has 0 saturated carbocycles. The van der Waals surface area contributed by atoms with Crippen LogP contribution in [0, 0.1) is 0 Å². The molecule has 0 bridgehead atoms. The standard InChI is InChI=1S/C25H25N3O2/c1-4-8-23-24(25(29)28(27-23)19-13-15-20(30-3)16-14-19)17(2)26-22-12-7-10-18-9-5-6-11-21(18)22/h5-7,9-16,27H,4,8H2,1-3H3. The molecule has 0 unspecified atom stereocenters. The first-order valence-corrected chi connectivity index (χ1v) is 10.1. The molecule has 30 heavy (non-hydrogen) atoms. The average molecular weight is 399 g/mol. The highest BCUT2D eigenvalue weighted by atomic mass is 16.5. The van der Waals surface area contributed by atoms with Gasteiger partial charge < -0.3 is 4.74 Å². The number of hydrogen-bond acceptors (Lipinski definition) is 3. The van der Waals surface area contributed by atoms with Crippen LogP contribution in [0.15, 0.2) is 76.5 Å². The number of aromatic amines is 1. The second-order valence-corrected chi connectivity index (χ2v) is 7.25. The van der Waals surface area contributed by atoms with Gasteiger partial charge in [-0.15, -0.1) is 0 Å². The molecule has 0 aliphatic rings. The smallest absolute Gasteiger partial charge is 0.280 e. The van der Waals surface area contributed by atoms with Crippen molar-refractivity contribution in [3.8, 4) is 11.4 Å². The average Bonchev–Trinajstić information content (AvgIpc) is 3.10. The lowest BCUT2D eigenvalue weighted by atomic mass is 10.1. The Hall–Kier alpha value is -3.60. The van der Waals surface area contributed by atoms with Crippen LogP contribution in [0.5, 0.6) is 5.75 Å². The van der Waals surface area contributed by atoms with Crippen LogP contribution in [-0.4, -0.2) is 22.6 Å². The van der Waals surface area contributed by atoms with Gasteiger partial charge in [-0.2, -0.15) is 0 Å². The summed E-state index contributed by atoms with van der Waals surface area (Å²) in [7, 11) is 1.63. The summed E-state index contributed by atoms with van der Waals surface area (Å²) in [5.41, 5.74) is 3.79. The summed E-state index contributed by atoms with van der Waals surface area (Å²) in [5, 5.41) is 5.49. The van der Waals surface area contributed by atoms with Gasteiger partial charge in [0.05, 0.1) is 29.8 Å². The van der Waals surface area contributed by atoms with Crippen LogP contribution in [0.25, 0.3) is 16.5 Å². The van der Waals surface area contributed by atoms with E-state index in [2.05, 4.69) is 30.2 Å². The maximum Gasteiger partial charge on any atom is 0.280 e. The number of nitrogens with zero attached hydrogens (tertiary/aromatic N) is 2. The third-order valence-electron chi connectivity index (χ3n) is 5.21. The molecule has 0 aliphatic heterocycles. The maximum absolute atomic E-state index is 13.3. The Bertz CT molecular complexity index is 1260. The van der Waals surface area contributed by atoms with Crippen LogP contribution in [-0.2, 0) is 6.42 Å². The number of rotatable bonds is 6. The van der Waals surface area contributed by atoms with E-state index in [0.29, 0.717) is 11.3 Å². The van der Waals surface area contributed by atoms with Gasteiger partial charge in [0.2, 0.25) is 0 Å². The summed E-state index contributed by atoms with van der Waals surface area (Å²) in [4.78, 5) is 18.2. The minimum absolute atomic E-state index is 0.0925. The second kappa shape index (κ2) is 8.41. The molecule has 0 amide bonds. The largest absolute Gasteiger partial charge is 0.497 e. The van der Waals surface area contributed by atoms with Gasteiger partial charge in [-0.05, 0) is 49.1 Å². The molecule has 0 radical (unpaired) electrons. The molecule has 1 N–H and O–H groups in total. The molecule has 1 heterocycles. The minimum Gasteiger partial charge on any atom is -0.497 e. The van der Waals surface area contributed by atoms with Crippen molar-refractivity contribution in [1.29, 1.82) is 0 Å². The second-order valence-electron chi connectivity index (χ2n) is 7.25. The Labute approximate surface area is 175 Å². The van der Waals surface area contributed by atoms with Gasteiger partial charge >= 0.3 is 0 Å². The van der Waals surface area contributed by atoms with Gasteiger partial charge in [-0.3, -0.25) is 14.9 Å². The fourth-order valence-corrected chi connectivity index (χ4v) is 3.74. The van der Waals surface area contributed by atoms with Gasteiger partial charge in [0, 0.05) is 11.1 Å². The van der Waals surface area contributed by atoms with E-state index in [4.69, 9.17) is 9.73 Å². The fourth-order valence-electron chi connectivity index (χ4n) is 3.74. The molecule has 0 aliphatic carbocycles. The lowest BCUT2D eigenvalue weighted by Crippen LogP contribution is -2.19. The Balaban J connectivity index is 1.83. The van der Waals surface area contributed by atoms with Crippen molar-refractivity contribution in [3.63, 3.8) is 0 Å². The van der Waals surface area contributed by atoms with E-state index >= 15 is 0 Å². The maximum atomic E-state index is 13.3. The van der Waals surface area contributed by atoms with Crippen LogP contribution >= 0.6 is 0 Å². The topological polar surface area (TPSA) is 59.4 Å². The van der Waals surface area contributed by atoms with Crippen molar-refractivity contribution in [1.82, 2.24) is 9.78 Å². The van der Waals surface area contributed by atoms with E-state index in [1.54, 1.807) is 11.8 Å². The van der Waals surface area contributed by atoms with Crippen molar-refractivity contribution < 1.29 is 4.74 Å². The normalized spacial score (nSPS) is 11.8. The summed E-state index contributed by atoms with van der Waals surface area (Å²) in [6, 6.07) is 21.6. The fraction of sp³-hybridized carbons (Fsp3) is 0.200. The number of H-pyrrole nitrogens is 1.